The monoisotopic (exact) mass is 217 g/mol. The van der Waals surface area contributed by atoms with E-state index in [0.29, 0.717) is 5.69 Å². The summed E-state index contributed by atoms with van der Waals surface area (Å²) in [4.78, 5) is 18.0. The number of aromatic amines is 1. The van der Waals surface area contributed by atoms with Crippen molar-refractivity contribution in [1.82, 2.24) is 9.97 Å². The fourth-order valence-electron chi connectivity index (χ4n) is 1.35. The molecule has 0 bridgehead atoms. The highest BCUT2D eigenvalue weighted by molar-refractivity contribution is 5.85. The van der Waals surface area contributed by atoms with E-state index < -0.39 is 6.09 Å². The van der Waals surface area contributed by atoms with Crippen molar-refractivity contribution in [3.63, 3.8) is 0 Å². The molecule has 0 spiro atoms. The lowest BCUT2D eigenvalue weighted by Gasteiger charge is -2.04. The molecule has 5 heteroatoms. The molecule has 0 aliphatic rings. The van der Waals surface area contributed by atoms with Crippen LogP contribution < -0.4 is 5.32 Å². The van der Waals surface area contributed by atoms with Crippen LogP contribution in [0.2, 0.25) is 0 Å². The number of carbonyl (C=O) groups excluding carboxylic acids is 1. The molecule has 2 rings (SSSR count). The van der Waals surface area contributed by atoms with Crippen LogP contribution in [0.4, 0.5) is 10.5 Å². The van der Waals surface area contributed by atoms with E-state index in [9.17, 15) is 4.79 Å². The normalized spacial score (nSPS) is 9.81. The summed E-state index contributed by atoms with van der Waals surface area (Å²) < 4.78 is 4.51. The molecule has 2 N–H and O–H groups in total. The SMILES string of the molecule is COC(=O)Nc1cccc(-c2cnc[nH]2)c1. The van der Waals surface area contributed by atoms with E-state index in [0.717, 1.165) is 11.3 Å². The first-order chi connectivity index (χ1) is 7.79. The maximum Gasteiger partial charge on any atom is 0.411 e. The van der Waals surface area contributed by atoms with Gasteiger partial charge in [0.2, 0.25) is 0 Å². The van der Waals surface area contributed by atoms with Crippen molar-refractivity contribution in [2.24, 2.45) is 0 Å². The zero-order valence-corrected chi connectivity index (χ0v) is 8.73. The van der Waals surface area contributed by atoms with Crippen LogP contribution in [0.25, 0.3) is 11.3 Å². The molecule has 16 heavy (non-hydrogen) atoms. The van der Waals surface area contributed by atoms with Crippen molar-refractivity contribution in [2.75, 3.05) is 12.4 Å². The number of anilines is 1. The summed E-state index contributed by atoms with van der Waals surface area (Å²) in [6.07, 6.45) is 2.84. The zero-order valence-electron chi connectivity index (χ0n) is 8.73. The first kappa shape index (κ1) is 10.2. The Balaban J connectivity index is 2.23. The summed E-state index contributed by atoms with van der Waals surface area (Å²) >= 11 is 0. The second-order valence-electron chi connectivity index (χ2n) is 3.16. The van der Waals surface area contributed by atoms with E-state index in [1.54, 1.807) is 18.6 Å². The number of nitrogens with one attached hydrogen (secondary N) is 2. The highest BCUT2D eigenvalue weighted by atomic mass is 16.5. The molecule has 2 aromatic rings. The molecule has 0 radical (unpaired) electrons. The minimum absolute atomic E-state index is 0.484. The molecule has 0 aliphatic heterocycles. The molecular formula is C11H11N3O2. The molecule has 0 aliphatic carbocycles. The molecule has 1 amide bonds. The van der Waals surface area contributed by atoms with Crippen LogP contribution in [0.15, 0.2) is 36.8 Å². The Morgan fingerprint density at radius 3 is 3.06 bits per heavy atom. The van der Waals surface area contributed by atoms with Gasteiger partial charge in [-0.05, 0) is 12.1 Å². The Hall–Kier alpha value is -2.30. The zero-order chi connectivity index (χ0) is 11.4. The largest absolute Gasteiger partial charge is 0.453 e. The van der Waals surface area contributed by atoms with E-state index in [4.69, 9.17) is 0 Å². The third-order valence-electron chi connectivity index (χ3n) is 2.10. The van der Waals surface area contributed by atoms with Crippen LogP contribution in [-0.4, -0.2) is 23.2 Å². The van der Waals surface area contributed by atoms with Gasteiger partial charge < -0.3 is 9.72 Å². The second-order valence-corrected chi connectivity index (χ2v) is 3.16. The first-order valence-corrected chi connectivity index (χ1v) is 4.73. The van der Waals surface area contributed by atoms with Gasteiger partial charge in [0.1, 0.15) is 0 Å². The lowest BCUT2D eigenvalue weighted by atomic mass is 10.1. The lowest BCUT2D eigenvalue weighted by molar-refractivity contribution is 0.187. The van der Waals surface area contributed by atoms with Gasteiger partial charge in [-0.1, -0.05) is 12.1 Å². The molecule has 0 unspecified atom stereocenters. The summed E-state index contributed by atoms with van der Waals surface area (Å²) in [6.45, 7) is 0. The molecule has 1 heterocycles. The fourth-order valence-corrected chi connectivity index (χ4v) is 1.35. The smallest absolute Gasteiger partial charge is 0.411 e. The molecule has 0 saturated carbocycles. The average molecular weight is 217 g/mol. The summed E-state index contributed by atoms with van der Waals surface area (Å²) in [6, 6.07) is 7.40. The van der Waals surface area contributed by atoms with E-state index in [1.165, 1.54) is 7.11 Å². The van der Waals surface area contributed by atoms with Gasteiger partial charge >= 0.3 is 6.09 Å². The highest BCUT2D eigenvalue weighted by Gasteiger charge is 2.03. The number of benzene rings is 1. The Labute approximate surface area is 92.5 Å². The quantitative estimate of drug-likeness (QED) is 0.810. The van der Waals surface area contributed by atoms with Gasteiger partial charge in [-0.25, -0.2) is 9.78 Å². The number of methoxy groups -OCH3 is 1. The number of hydrogen-bond donors (Lipinski definition) is 2. The van der Waals surface area contributed by atoms with E-state index >= 15 is 0 Å². The average Bonchev–Trinajstić information content (AvgIpc) is 2.83. The molecule has 5 nitrogen and oxygen atoms in total. The predicted octanol–water partition coefficient (Wildman–Crippen LogP) is 2.25. The molecule has 82 valence electrons. The molecule has 0 fully saturated rings. The van der Waals surface area contributed by atoms with E-state index in [2.05, 4.69) is 20.0 Å². The van der Waals surface area contributed by atoms with Crippen LogP contribution in [0.1, 0.15) is 0 Å². The minimum Gasteiger partial charge on any atom is -0.453 e. The fraction of sp³-hybridized carbons (Fsp3) is 0.0909. The molecule has 1 aromatic carbocycles. The number of ether oxygens (including phenoxy) is 1. The van der Waals surface area contributed by atoms with Gasteiger partial charge in [-0.15, -0.1) is 0 Å². The summed E-state index contributed by atoms with van der Waals surface area (Å²) in [5, 5.41) is 2.60. The highest BCUT2D eigenvalue weighted by Crippen LogP contribution is 2.20. The maximum absolute atomic E-state index is 11.0. The minimum atomic E-state index is -0.484. The maximum atomic E-state index is 11.0. The third kappa shape index (κ3) is 2.20. The van der Waals surface area contributed by atoms with Crippen LogP contribution >= 0.6 is 0 Å². The third-order valence-corrected chi connectivity index (χ3v) is 2.10. The Kier molecular flexibility index (Phi) is 2.86. The van der Waals surface area contributed by atoms with Gasteiger partial charge in [0, 0.05) is 11.3 Å². The number of H-pyrrole nitrogens is 1. The lowest BCUT2D eigenvalue weighted by Crippen LogP contribution is -2.10. The van der Waals surface area contributed by atoms with E-state index in [-0.39, 0.29) is 0 Å². The Morgan fingerprint density at radius 2 is 2.38 bits per heavy atom. The number of aromatic nitrogens is 2. The summed E-state index contributed by atoms with van der Waals surface area (Å²) in [7, 11) is 1.33. The van der Waals surface area contributed by atoms with Crippen molar-refractivity contribution in [3.05, 3.63) is 36.8 Å². The molecule has 0 atom stereocenters. The van der Waals surface area contributed by atoms with Gasteiger partial charge in [0.05, 0.1) is 25.3 Å². The van der Waals surface area contributed by atoms with Crippen molar-refractivity contribution in [2.45, 2.75) is 0 Å². The van der Waals surface area contributed by atoms with Crippen molar-refractivity contribution >= 4 is 11.8 Å². The molecule has 0 saturated heterocycles. The van der Waals surface area contributed by atoms with Crippen molar-refractivity contribution < 1.29 is 9.53 Å². The predicted molar refractivity (Wildman–Crippen MR) is 60.1 cm³/mol. The first-order valence-electron chi connectivity index (χ1n) is 4.73. The van der Waals surface area contributed by atoms with Gasteiger partial charge in [-0.2, -0.15) is 0 Å². The van der Waals surface area contributed by atoms with Crippen molar-refractivity contribution in [1.29, 1.82) is 0 Å². The Morgan fingerprint density at radius 1 is 1.50 bits per heavy atom. The number of nitrogens with zero attached hydrogens (tertiary/aromatic N) is 1. The van der Waals surface area contributed by atoms with Gasteiger partial charge in [0.15, 0.2) is 0 Å². The number of hydrogen-bond acceptors (Lipinski definition) is 3. The van der Waals surface area contributed by atoms with Gasteiger partial charge in [-0.3, -0.25) is 5.32 Å². The summed E-state index contributed by atoms with van der Waals surface area (Å²) in [5.74, 6) is 0. The number of rotatable bonds is 2. The standard InChI is InChI=1S/C11H11N3O2/c1-16-11(15)14-9-4-2-3-8(5-9)10-6-12-7-13-10/h2-7H,1H3,(H,12,13)(H,14,15). The molecular weight excluding hydrogens is 206 g/mol. The second kappa shape index (κ2) is 4.48. The van der Waals surface area contributed by atoms with Gasteiger partial charge in [0.25, 0.3) is 0 Å². The van der Waals surface area contributed by atoms with Crippen LogP contribution in [0.3, 0.4) is 0 Å². The summed E-state index contributed by atoms with van der Waals surface area (Å²) in [5.41, 5.74) is 2.53. The van der Waals surface area contributed by atoms with Crippen LogP contribution in [-0.2, 0) is 4.74 Å². The Bertz CT molecular complexity index is 480. The van der Waals surface area contributed by atoms with Crippen LogP contribution in [0, 0.1) is 0 Å². The number of amides is 1. The number of carbonyl (C=O) groups is 1. The van der Waals surface area contributed by atoms with Crippen molar-refractivity contribution in [3.8, 4) is 11.3 Å². The van der Waals surface area contributed by atoms with E-state index in [1.807, 2.05) is 18.2 Å². The number of imidazole rings is 1. The molecule has 1 aromatic heterocycles. The topological polar surface area (TPSA) is 67.0 Å². The van der Waals surface area contributed by atoms with Crippen LogP contribution in [0.5, 0.6) is 0 Å².